The van der Waals surface area contributed by atoms with E-state index in [1.807, 2.05) is 0 Å². The van der Waals surface area contributed by atoms with Gasteiger partial charge in [-0.1, -0.05) is 6.42 Å². The van der Waals surface area contributed by atoms with Crippen molar-refractivity contribution in [3.05, 3.63) is 11.6 Å². The van der Waals surface area contributed by atoms with Crippen LogP contribution in [0.15, 0.2) is 0 Å². The molecule has 1 aromatic heterocycles. The first-order valence-electron chi connectivity index (χ1n) is 5.50. The van der Waals surface area contributed by atoms with Gasteiger partial charge in [0.1, 0.15) is 5.82 Å². The Kier molecular flexibility index (Phi) is 3.08. The molecule has 17 heavy (non-hydrogen) atoms. The summed E-state index contributed by atoms with van der Waals surface area (Å²) in [6, 6.07) is -0.321. The number of aliphatic carboxylic acids is 1. The van der Waals surface area contributed by atoms with Gasteiger partial charge in [-0.25, -0.2) is 4.98 Å². The first kappa shape index (κ1) is 11.6. The third kappa shape index (κ3) is 2.43. The second kappa shape index (κ2) is 4.52. The van der Waals surface area contributed by atoms with Crippen LogP contribution in [0.5, 0.6) is 0 Å². The Bertz CT molecular complexity index is 443. The average Bonchev–Trinajstić information content (AvgIpc) is 2.86. The lowest BCUT2D eigenvalue weighted by Gasteiger charge is -2.16. The molecule has 3 N–H and O–H groups in total. The predicted molar refractivity (Wildman–Crippen MR) is 57.4 cm³/mol. The van der Waals surface area contributed by atoms with Crippen LogP contribution in [-0.4, -0.2) is 38.2 Å². The highest BCUT2D eigenvalue weighted by Gasteiger charge is 2.34. The van der Waals surface area contributed by atoms with E-state index < -0.39 is 17.8 Å². The molecule has 0 bridgehead atoms. The molecule has 1 heterocycles. The van der Waals surface area contributed by atoms with Crippen molar-refractivity contribution in [3.8, 4) is 0 Å². The number of nitrogens with one attached hydrogen (secondary N) is 2. The van der Waals surface area contributed by atoms with Crippen LogP contribution in [0, 0.1) is 12.8 Å². The number of carbonyl (C=O) groups excluding carboxylic acids is 1. The zero-order valence-corrected chi connectivity index (χ0v) is 9.43. The van der Waals surface area contributed by atoms with Crippen molar-refractivity contribution in [3.63, 3.8) is 0 Å². The molecule has 7 heteroatoms. The Morgan fingerprint density at radius 2 is 2.24 bits per heavy atom. The summed E-state index contributed by atoms with van der Waals surface area (Å²) in [6.07, 6.45) is 2.11. The molecular formula is C10H14N4O3. The Labute approximate surface area is 97.6 Å². The van der Waals surface area contributed by atoms with Crippen molar-refractivity contribution in [1.82, 2.24) is 20.5 Å². The van der Waals surface area contributed by atoms with Crippen molar-refractivity contribution < 1.29 is 14.7 Å². The van der Waals surface area contributed by atoms with Gasteiger partial charge in [0.2, 0.25) is 5.82 Å². The van der Waals surface area contributed by atoms with E-state index in [9.17, 15) is 9.59 Å². The standard InChI is InChI=1S/C10H14N4O3/c1-5-11-8(14-13-5)9(15)12-7-4-2-3-6(7)10(16)17/h6-7H,2-4H2,1H3,(H,12,15)(H,16,17)(H,11,13,14). The number of nitrogens with zero attached hydrogens (tertiary/aromatic N) is 2. The van der Waals surface area contributed by atoms with Gasteiger partial charge in [0.25, 0.3) is 5.91 Å². The molecule has 0 radical (unpaired) electrons. The molecule has 0 saturated heterocycles. The van der Waals surface area contributed by atoms with Crippen molar-refractivity contribution in [2.45, 2.75) is 32.2 Å². The lowest BCUT2D eigenvalue weighted by Crippen LogP contribution is -2.40. The molecule has 0 spiro atoms. The second-order valence-electron chi connectivity index (χ2n) is 4.20. The smallest absolute Gasteiger partial charge is 0.308 e. The zero-order chi connectivity index (χ0) is 12.4. The fourth-order valence-electron chi connectivity index (χ4n) is 2.11. The molecular weight excluding hydrogens is 224 g/mol. The molecule has 0 aliphatic heterocycles. The summed E-state index contributed by atoms with van der Waals surface area (Å²) in [5.41, 5.74) is 0. The maximum Gasteiger partial charge on any atom is 0.308 e. The monoisotopic (exact) mass is 238 g/mol. The number of rotatable bonds is 3. The van der Waals surface area contributed by atoms with Gasteiger partial charge in [-0.15, -0.1) is 5.10 Å². The molecule has 0 aromatic carbocycles. The lowest BCUT2D eigenvalue weighted by molar-refractivity contribution is -0.142. The van der Waals surface area contributed by atoms with E-state index in [0.717, 1.165) is 6.42 Å². The van der Waals surface area contributed by atoms with Crippen LogP contribution in [0.2, 0.25) is 0 Å². The van der Waals surface area contributed by atoms with Gasteiger partial charge in [-0.2, -0.15) is 0 Å². The Morgan fingerprint density at radius 3 is 2.82 bits per heavy atom. The molecule has 1 aliphatic rings. The minimum absolute atomic E-state index is 0.0542. The van der Waals surface area contributed by atoms with E-state index in [2.05, 4.69) is 20.5 Å². The van der Waals surface area contributed by atoms with Crippen LogP contribution in [0.4, 0.5) is 0 Å². The van der Waals surface area contributed by atoms with Gasteiger partial charge < -0.3 is 10.4 Å². The maximum atomic E-state index is 11.7. The minimum atomic E-state index is -0.862. The number of aryl methyl sites for hydroxylation is 1. The second-order valence-corrected chi connectivity index (χ2v) is 4.20. The summed E-state index contributed by atoms with van der Waals surface area (Å²) in [7, 11) is 0. The number of carbonyl (C=O) groups is 2. The Morgan fingerprint density at radius 1 is 1.47 bits per heavy atom. The lowest BCUT2D eigenvalue weighted by atomic mass is 10.0. The highest BCUT2D eigenvalue weighted by atomic mass is 16.4. The van der Waals surface area contributed by atoms with Crippen LogP contribution in [-0.2, 0) is 4.79 Å². The minimum Gasteiger partial charge on any atom is -0.481 e. The number of hydrogen-bond acceptors (Lipinski definition) is 4. The molecule has 2 unspecified atom stereocenters. The predicted octanol–water partition coefficient (Wildman–Crippen LogP) is 0.0962. The number of carboxylic acid groups (broad SMARTS) is 1. The molecule has 2 atom stereocenters. The molecule has 2 rings (SSSR count). The van der Waals surface area contributed by atoms with Crippen LogP contribution in [0.1, 0.15) is 35.7 Å². The normalized spacial score (nSPS) is 23.6. The van der Waals surface area contributed by atoms with Crippen molar-refractivity contribution in [2.75, 3.05) is 0 Å². The summed E-state index contributed by atoms with van der Waals surface area (Å²) < 4.78 is 0. The molecule has 92 valence electrons. The van der Waals surface area contributed by atoms with Crippen LogP contribution >= 0.6 is 0 Å². The molecule has 1 fully saturated rings. The van der Waals surface area contributed by atoms with E-state index in [0.29, 0.717) is 18.7 Å². The van der Waals surface area contributed by atoms with Gasteiger partial charge in [0.15, 0.2) is 0 Å². The molecule has 1 amide bonds. The quantitative estimate of drug-likeness (QED) is 0.692. The van der Waals surface area contributed by atoms with Crippen molar-refractivity contribution in [2.24, 2.45) is 5.92 Å². The Hall–Kier alpha value is -1.92. The van der Waals surface area contributed by atoms with E-state index in [-0.39, 0.29) is 11.9 Å². The zero-order valence-electron chi connectivity index (χ0n) is 9.43. The van der Waals surface area contributed by atoms with Gasteiger partial charge in [0, 0.05) is 6.04 Å². The third-order valence-corrected chi connectivity index (χ3v) is 2.95. The van der Waals surface area contributed by atoms with Crippen molar-refractivity contribution >= 4 is 11.9 Å². The van der Waals surface area contributed by atoms with Crippen LogP contribution in [0.3, 0.4) is 0 Å². The average molecular weight is 238 g/mol. The van der Waals surface area contributed by atoms with Gasteiger partial charge in [0.05, 0.1) is 5.92 Å². The number of carboxylic acids is 1. The first-order valence-corrected chi connectivity index (χ1v) is 5.50. The van der Waals surface area contributed by atoms with E-state index >= 15 is 0 Å². The van der Waals surface area contributed by atoms with E-state index in [4.69, 9.17) is 5.11 Å². The number of hydrogen-bond donors (Lipinski definition) is 3. The Balaban J connectivity index is 2.01. The highest BCUT2D eigenvalue weighted by Crippen LogP contribution is 2.25. The maximum absolute atomic E-state index is 11.7. The van der Waals surface area contributed by atoms with Crippen LogP contribution < -0.4 is 5.32 Å². The molecule has 1 aromatic rings. The molecule has 1 saturated carbocycles. The highest BCUT2D eigenvalue weighted by molar-refractivity contribution is 5.91. The number of aromatic nitrogens is 3. The third-order valence-electron chi connectivity index (χ3n) is 2.95. The fourth-order valence-corrected chi connectivity index (χ4v) is 2.11. The summed E-state index contributed by atoms with van der Waals surface area (Å²) in [6.45, 7) is 1.69. The SMILES string of the molecule is Cc1nc(C(=O)NC2CCCC2C(=O)O)n[nH]1. The van der Waals surface area contributed by atoms with Crippen LogP contribution in [0.25, 0.3) is 0 Å². The van der Waals surface area contributed by atoms with Crippen molar-refractivity contribution in [1.29, 1.82) is 0 Å². The summed E-state index contributed by atoms with van der Waals surface area (Å²) >= 11 is 0. The van der Waals surface area contributed by atoms with Gasteiger partial charge >= 0.3 is 5.97 Å². The largest absolute Gasteiger partial charge is 0.481 e. The number of aromatic amines is 1. The fraction of sp³-hybridized carbons (Fsp3) is 0.600. The first-order chi connectivity index (χ1) is 8.08. The van der Waals surface area contributed by atoms with E-state index in [1.54, 1.807) is 6.92 Å². The van der Waals surface area contributed by atoms with E-state index in [1.165, 1.54) is 0 Å². The number of H-pyrrole nitrogens is 1. The summed E-state index contributed by atoms with van der Waals surface area (Å²) in [5.74, 6) is -1.18. The topological polar surface area (TPSA) is 108 Å². The van der Waals surface area contributed by atoms with Gasteiger partial charge in [-0.05, 0) is 19.8 Å². The summed E-state index contributed by atoms with van der Waals surface area (Å²) in [4.78, 5) is 26.6. The summed E-state index contributed by atoms with van der Waals surface area (Å²) in [5, 5.41) is 18.0. The number of amides is 1. The molecule has 7 nitrogen and oxygen atoms in total. The van der Waals surface area contributed by atoms with Gasteiger partial charge in [-0.3, -0.25) is 14.7 Å². The molecule has 1 aliphatic carbocycles.